The van der Waals surface area contributed by atoms with Gasteiger partial charge >= 0.3 is 0 Å². The third kappa shape index (κ3) is 4.17. The van der Waals surface area contributed by atoms with Crippen molar-refractivity contribution in [2.75, 3.05) is 32.7 Å². The van der Waals surface area contributed by atoms with Crippen LogP contribution in [0.15, 0.2) is 60.9 Å². The number of benzene rings is 2. The Balaban J connectivity index is 1.23. The summed E-state index contributed by atoms with van der Waals surface area (Å²) in [6, 6.07) is 15.9. The molecule has 3 aromatic rings. The van der Waals surface area contributed by atoms with Crippen molar-refractivity contribution >= 4 is 11.8 Å². The Morgan fingerprint density at radius 2 is 1.89 bits per heavy atom. The zero-order valence-electron chi connectivity index (χ0n) is 20.4. The van der Waals surface area contributed by atoms with Gasteiger partial charge < -0.3 is 14.4 Å². The van der Waals surface area contributed by atoms with E-state index in [1.807, 2.05) is 35.4 Å². The fourth-order valence-electron chi connectivity index (χ4n) is 6.06. The molecule has 9 heteroatoms. The summed E-state index contributed by atoms with van der Waals surface area (Å²) in [6.07, 6.45) is 3.70. The lowest BCUT2D eigenvalue weighted by atomic mass is 9.70. The van der Waals surface area contributed by atoms with Crippen molar-refractivity contribution < 1.29 is 14.0 Å². The molecular formula is C28H27FN6O2. The summed E-state index contributed by atoms with van der Waals surface area (Å²) in [5.74, 6) is -0.371. The van der Waals surface area contributed by atoms with Gasteiger partial charge in [-0.15, -0.1) is 0 Å². The van der Waals surface area contributed by atoms with Crippen LogP contribution in [0.2, 0.25) is 0 Å². The van der Waals surface area contributed by atoms with Crippen LogP contribution in [0.3, 0.4) is 0 Å². The molecule has 6 rings (SSSR count). The van der Waals surface area contributed by atoms with Gasteiger partial charge in [-0.05, 0) is 23.8 Å². The molecule has 2 amide bonds. The number of nitriles is 1. The van der Waals surface area contributed by atoms with Crippen LogP contribution < -0.4 is 0 Å². The van der Waals surface area contributed by atoms with E-state index >= 15 is 0 Å². The SMILES string of the molecule is N#Cc1ccc(F)c(C(=O)N2CC3(CN(Cc4ccccc4)CC3C(=O)N3CCn4ccnc4C3)C2)c1. The Kier molecular flexibility index (Phi) is 5.76. The number of imidazole rings is 1. The molecule has 0 saturated carbocycles. The topological polar surface area (TPSA) is 85.5 Å². The zero-order chi connectivity index (χ0) is 25.6. The molecule has 0 bridgehead atoms. The van der Waals surface area contributed by atoms with Crippen molar-refractivity contribution in [3.63, 3.8) is 0 Å². The Morgan fingerprint density at radius 3 is 2.68 bits per heavy atom. The molecule has 37 heavy (non-hydrogen) atoms. The minimum absolute atomic E-state index is 0.0922. The summed E-state index contributed by atoms with van der Waals surface area (Å²) in [5.41, 5.74) is 0.927. The van der Waals surface area contributed by atoms with Crippen LogP contribution in [-0.4, -0.2) is 68.8 Å². The summed E-state index contributed by atoms with van der Waals surface area (Å²) in [6.45, 7) is 4.61. The predicted molar refractivity (Wildman–Crippen MR) is 132 cm³/mol. The van der Waals surface area contributed by atoms with Crippen molar-refractivity contribution in [2.45, 2.75) is 19.6 Å². The first-order valence-corrected chi connectivity index (χ1v) is 12.5. The second-order valence-corrected chi connectivity index (χ2v) is 10.3. The number of hydrogen-bond donors (Lipinski definition) is 0. The van der Waals surface area contributed by atoms with Gasteiger partial charge in [0, 0.05) is 63.6 Å². The number of carbonyl (C=O) groups is 2. The smallest absolute Gasteiger partial charge is 0.256 e. The van der Waals surface area contributed by atoms with Crippen molar-refractivity contribution in [3.05, 3.63) is 89.3 Å². The molecule has 0 N–H and O–H groups in total. The number of nitrogens with zero attached hydrogens (tertiary/aromatic N) is 6. The van der Waals surface area contributed by atoms with Gasteiger partial charge in [0.25, 0.3) is 5.91 Å². The number of halogens is 1. The van der Waals surface area contributed by atoms with Gasteiger partial charge in [0.1, 0.15) is 11.6 Å². The average Bonchev–Trinajstić information content (AvgIpc) is 3.52. The highest BCUT2D eigenvalue weighted by Crippen LogP contribution is 2.46. The third-order valence-electron chi connectivity index (χ3n) is 7.95. The van der Waals surface area contributed by atoms with Crippen LogP contribution in [0.1, 0.15) is 27.3 Å². The lowest BCUT2D eigenvalue weighted by molar-refractivity contribution is -0.143. The molecule has 8 nitrogen and oxygen atoms in total. The van der Waals surface area contributed by atoms with Crippen molar-refractivity contribution in [3.8, 4) is 6.07 Å². The maximum atomic E-state index is 14.5. The number of rotatable bonds is 4. The van der Waals surface area contributed by atoms with E-state index < -0.39 is 17.1 Å². The van der Waals surface area contributed by atoms with E-state index in [-0.39, 0.29) is 23.0 Å². The second-order valence-electron chi connectivity index (χ2n) is 10.3. The van der Waals surface area contributed by atoms with Crippen molar-refractivity contribution in [2.24, 2.45) is 11.3 Å². The van der Waals surface area contributed by atoms with Crippen molar-refractivity contribution in [1.29, 1.82) is 5.26 Å². The molecule has 4 heterocycles. The average molecular weight is 499 g/mol. The Hall–Kier alpha value is -4.03. The van der Waals surface area contributed by atoms with Gasteiger partial charge in [-0.25, -0.2) is 9.37 Å². The van der Waals surface area contributed by atoms with Crippen LogP contribution in [0.25, 0.3) is 0 Å². The first-order valence-electron chi connectivity index (χ1n) is 12.5. The van der Waals surface area contributed by atoms with E-state index in [0.29, 0.717) is 45.8 Å². The molecule has 0 radical (unpaired) electrons. The largest absolute Gasteiger partial charge is 0.337 e. The molecule has 1 spiro atoms. The Labute approximate surface area is 214 Å². The van der Waals surface area contributed by atoms with Gasteiger partial charge in [-0.3, -0.25) is 14.5 Å². The highest BCUT2D eigenvalue weighted by Gasteiger charge is 2.58. The summed E-state index contributed by atoms with van der Waals surface area (Å²) in [7, 11) is 0. The Morgan fingerprint density at radius 1 is 1.08 bits per heavy atom. The van der Waals surface area contributed by atoms with E-state index in [2.05, 4.69) is 26.6 Å². The van der Waals surface area contributed by atoms with Crippen LogP contribution in [-0.2, 0) is 24.4 Å². The van der Waals surface area contributed by atoms with Gasteiger partial charge in [0.05, 0.1) is 29.7 Å². The quantitative estimate of drug-likeness (QED) is 0.552. The van der Waals surface area contributed by atoms with Crippen LogP contribution in [0, 0.1) is 28.5 Å². The lowest BCUT2D eigenvalue weighted by Crippen LogP contribution is -2.64. The molecular weight excluding hydrogens is 471 g/mol. The molecule has 3 aliphatic rings. The molecule has 1 aromatic heterocycles. The minimum Gasteiger partial charge on any atom is -0.337 e. The molecule has 2 aromatic carbocycles. The molecule has 2 saturated heterocycles. The van der Waals surface area contributed by atoms with Gasteiger partial charge in [-0.2, -0.15) is 5.26 Å². The maximum Gasteiger partial charge on any atom is 0.256 e. The summed E-state index contributed by atoms with van der Waals surface area (Å²) in [4.78, 5) is 37.2. The third-order valence-corrected chi connectivity index (χ3v) is 7.95. The minimum atomic E-state index is -0.640. The number of hydrogen-bond acceptors (Lipinski definition) is 5. The van der Waals surface area contributed by atoms with Crippen molar-refractivity contribution in [1.82, 2.24) is 24.3 Å². The van der Waals surface area contributed by atoms with E-state index in [9.17, 15) is 19.2 Å². The number of amides is 2. The van der Waals surface area contributed by atoms with E-state index in [1.165, 1.54) is 17.7 Å². The van der Waals surface area contributed by atoms with Gasteiger partial charge in [0.15, 0.2) is 0 Å². The van der Waals surface area contributed by atoms with E-state index in [0.717, 1.165) is 18.4 Å². The first-order chi connectivity index (χ1) is 18.0. The standard InChI is InChI=1S/C28H27FN6O2/c29-24-7-6-21(13-30)12-22(24)26(36)35-18-28(19-35)17-32(14-20-4-2-1-3-5-20)15-23(28)27(37)34-11-10-33-9-8-31-25(33)16-34/h1-9,12,23H,10-11,14-19H2. The number of carbonyl (C=O) groups excluding carboxylic acids is 2. The molecule has 0 aliphatic carbocycles. The molecule has 3 aliphatic heterocycles. The highest BCUT2D eigenvalue weighted by atomic mass is 19.1. The number of aromatic nitrogens is 2. The molecule has 2 fully saturated rings. The van der Waals surface area contributed by atoms with Crippen LogP contribution >= 0.6 is 0 Å². The fourth-order valence-corrected chi connectivity index (χ4v) is 6.06. The van der Waals surface area contributed by atoms with E-state index in [4.69, 9.17) is 0 Å². The van der Waals surface area contributed by atoms with Gasteiger partial charge in [-0.1, -0.05) is 30.3 Å². The lowest BCUT2D eigenvalue weighted by Gasteiger charge is -2.51. The summed E-state index contributed by atoms with van der Waals surface area (Å²) in [5, 5.41) is 9.18. The van der Waals surface area contributed by atoms with Crippen LogP contribution in [0.5, 0.6) is 0 Å². The van der Waals surface area contributed by atoms with E-state index in [1.54, 1.807) is 11.1 Å². The highest BCUT2D eigenvalue weighted by molar-refractivity contribution is 5.96. The normalized spacial score (nSPS) is 20.4. The first kappa shape index (κ1) is 23.4. The molecule has 188 valence electrons. The number of likely N-dealkylation sites (tertiary alicyclic amines) is 2. The van der Waals surface area contributed by atoms with Gasteiger partial charge in [0.2, 0.25) is 5.91 Å². The molecule has 1 atom stereocenters. The van der Waals surface area contributed by atoms with Crippen LogP contribution in [0.4, 0.5) is 4.39 Å². The number of fused-ring (bicyclic) bond motifs is 1. The monoisotopic (exact) mass is 498 g/mol. The molecule has 1 unspecified atom stereocenters. The summed E-state index contributed by atoms with van der Waals surface area (Å²) >= 11 is 0. The maximum absolute atomic E-state index is 14.5. The predicted octanol–water partition coefficient (Wildman–Crippen LogP) is 2.51. The fraction of sp³-hybridized carbons (Fsp3) is 0.357. The Bertz CT molecular complexity index is 1390. The zero-order valence-corrected chi connectivity index (χ0v) is 20.4. The second kappa shape index (κ2) is 9.12. The summed E-state index contributed by atoms with van der Waals surface area (Å²) < 4.78 is 16.5.